The summed E-state index contributed by atoms with van der Waals surface area (Å²) in [6.45, 7) is 4.34. The van der Waals surface area contributed by atoms with Crippen molar-refractivity contribution in [2.24, 2.45) is 5.73 Å². The molecule has 0 fully saturated rings. The van der Waals surface area contributed by atoms with Crippen molar-refractivity contribution >= 4 is 35.0 Å². The Bertz CT molecular complexity index is 342. The predicted octanol–water partition coefficient (Wildman–Crippen LogP) is 4.00. The Balaban J connectivity index is 2.55. The summed E-state index contributed by atoms with van der Waals surface area (Å²) in [5.74, 6) is 0.945. The molecule has 16 heavy (non-hydrogen) atoms. The van der Waals surface area contributed by atoms with Crippen LogP contribution in [-0.2, 0) is 6.42 Å². The van der Waals surface area contributed by atoms with E-state index in [1.165, 1.54) is 0 Å². The highest BCUT2D eigenvalue weighted by molar-refractivity contribution is 7.99. The molecule has 90 valence electrons. The van der Waals surface area contributed by atoms with Crippen LogP contribution in [0, 0.1) is 0 Å². The fraction of sp³-hybridized carbons (Fsp3) is 0.500. The molecule has 0 saturated heterocycles. The number of hydrogen-bond donors (Lipinski definition) is 1. The Kier molecular flexibility index (Phi) is 5.98. The second-order valence-corrected chi connectivity index (χ2v) is 6.54. The van der Waals surface area contributed by atoms with E-state index in [2.05, 4.69) is 13.8 Å². The Hall–Kier alpha value is 0.110. The molecule has 0 amide bonds. The molecule has 1 nitrogen and oxygen atoms in total. The quantitative estimate of drug-likeness (QED) is 0.880. The maximum Gasteiger partial charge on any atom is 0.0439 e. The number of rotatable bonds is 5. The lowest BCUT2D eigenvalue weighted by Gasteiger charge is -2.14. The lowest BCUT2D eigenvalue weighted by Crippen LogP contribution is -2.26. The monoisotopic (exact) mass is 277 g/mol. The third kappa shape index (κ3) is 4.96. The Morgan fingerprint density at radius 1 is 1.31 bits per heavy atom. The maximum absolute atomic E-state index is 6.08. The smallest absolute Gasteiger partial charge is 0.0439 e. The molecular formula is C12H17Cl2NS. The summed E-state index contributed by atoms with van der Waals surface area (Å²) in [6.07, 6.45) is 0.777. The van der Waals surface area contributed by atoms with Gasteiger partial charge in [-0.15, -0.1) is 0 Å². The zero-order valence-electron chi connectivity index (χ0n) is 9.54. The molecule has 4 heteroatoms. The van der Waals surface area contributed by atoms with E-state index < -0.39 is 0 Å². The van der Waals surface area contributed by atoms with Gasteiger partial charge in [-0.2, -0.15) is 11.8 Å². The summed E-state index contributed by atoms with van der Waals surface area (Å²) in [7, 11) is 0. The molecule has 0 saturated carbocycles. The molecule has 0 aliphatic heterocycles. The van der Waals surface area contributed by atoms with Crippen LogP contribution in [0.1, 0.15) is 19.4 Å². The third-order valence-corrected chi connectivity index (χ3v) is 4.02. The van der Waals surface area contributed by atoms with Crippen molar-refractivity contribution in [3.63, 3.8) is 0 Å². The van der Waals surface area contributed by atoms with Crippen LogP contribution in [0.2, 0.25) is 10.0 Å². The topological polar surface area (TPSA) is 26.0 Å². The highest BCUT2D eigenvalue weighted by atomic mass is 35.5. The first-order chi connectivity index (χ1) is 7.49. The molecule has 0 heterocycles. The van der Waals surface area contributed by atoms with Gasteiger partial charge in [0.2, 0.25) is 0 Å². The minimum absolute atomic E-state index is 0.128. The summed E-state index contributed by atoms with van der Waals surface area (Å²) in [5, 5.41) is 2.07. The first kappa shape index (κ1) is 14.2. The molecule has 1 aromatic carbocycles. The molecule has 1 aromatic rings. The third-order valence-electron chi connectivity index (χ3n) is 2.13. The Morgan fingerprint density at radius 2 is 2.00 bits per heavy atom. The summed E-state index contributed by atoms with van der Waals surface area (Å²) in [5.41, 5.74) is 7.08. The van der Waals surface area contributed by atoms with Crippen molar-refractivity contribution < 1.29 is 0 Å². The fourth-order valence-corrected chi connectivity index (χ4v) is 2.50. The standard InChI is InChI=1S/C12H17Cl2NS/c1-8(2)16-7-11(15)6-9-5-10(13)3-4-12(9)14/h3-5,8,11H,6-7,15H2,1-2H3. The second-order valence-electron chi connectivity index (χ2n) is 4.08. The van der Waals surface area contributed by atoms with E-state index >= 15 is 0 Å². The molecule has 0 aliphatic carbocycles. The summed E-state index contributed by atoms with van der Waals surface area (Å²) < 4.78 is 0. The molecule has 0 aromatic heterocycles. The number of nitrogens with two attached hydrogens (primary N) is 1. The minimum Gasteiger partial charge on any atom is -0.327 e. The van der Waals surface area contributed by atoms with E-state index in [1.807, 2.05) is 23.9 Å². The van der Waals surface area contributed by atoms with Crippen molar-refractivity contribution in [3.8, 4) is 0 Å². The van der Waals surface area contributed by atoms with Crippen LogP contribution < -0.4 is 5.73 Å². The lowest BCUT2D eigenvalue weighted by molar-refractivity contribution is 0.747. The summed E-state index contributed by atoms with van der Waals surface area (Å²) in [6, 6.07) is 5.64. The second kappa shape index (κ2) is 6.75. The SMILES string of the molecule is CC(C)SCC(N)Cc1cc(Cl)ccc1Cl. The van der Waals surface area contributed by atoms with Crippen molar-refractivity contribution in [3.05, 3.63) is 33.8 Å². The van der Waals surface area contributed by atoms with Gasteiger partial charge >= 0.3 is 0 Å². The van der Waals surface area contributed by atoms with Gasteiger partial charge in [-0.05, 0) is 35.4 Å². The van der Waals surface area contributed by atoms with Gasteiger partial charge < -0.3 is 5.73 Å². The number of thioether (sulfide) groups is 1. The largest absolute Gasteiger partial charge is 0.327 e. The Morgan fingerprint density at radius 3 is 2.62 bits per heavy atom. The molecule has 0 spiro atoms. The van der Waals surface area contributed by atoms with Gasteiger partial charge in [0.15, 0.2) is 0 Å². The molecule has 2 N–H and O–H groups in total. The number of benzene rings is 1. The van der Waals surface area contributed by atoms with Crippen molar-refractivity contribution in [1.29, 1.82) is 0 Å². The van der Waals surface area contributed by atoms with Crippen LogP contribution >= 0.6 is 35.0 Å². The van der Waals surface area contributed by atoms with E-state index in [4.69, 9.17) is 28.9 Å². The fourth-order valence-electron chi connectivity index (χ4n) is 1.36. The van der Waals surface area contributed by atoms with Gasteiger partial charge in [-0.25, -0.2) is 0 Å². The van der Waals surface area contributed by atoms with Gasteiger partial charge in [0, 0.05) is 21.8 Å². The summed E-state index contributed by atoms with van der Waals surface area (Å²) in [4.78, 5) is 0. The number of hydrogen-bond acceptors (Lipinski definition) is 2. The highest BCUT2D eigenvalue weighted by Crippen LogP contribution is 2.22. The van der Waals surface area contributed by atoms with E-state index in [1.54, 1.807) is 6.07 Å². The molecule has 0 radical (unpaired) electrons. The van der Waals surface area contributed by atoms with Gasteiger partial charge in [0.1, 0.15) is 0 Å². The maximum atomic E-state index is 6.08. The van der Waals surface area contributed by atoms with Crippen LogP contribution in [0.5, 0.6) is 0 Å². The summed E-state index contributed by atoms with van der Waals surface area (Å²) >= 11 is 13.9. The van der Waals surface area contributed by atoms with Crippen LogP contribution in [-0.4, -0.2) is 17.0 Å². The van der Waals surface area contributed by atoms with Crippen molar-refractivity contribution in [1.82, 2.24) is 0 Å². The highest BCUT2D eigenvalue weighted by Gasteiger charge is 2.09. The molecular weight excluding hydrogens is 261 g/mol. The van der Waals surface area contributed by atoms with Gasteiger partial charge in [0.05, 0.1) is 0 Å². The minimum atomic E-state index is 0.128. The van der Waals surface area contributed by atoms with Crippen molar-refractivity contribution in [2.45, 2.75) is 31.6 Å². The average Bonchev–Trinajstić information content (AvgIpc) is 2.20. The van der Waals surface area contributed by atoms with Gasteiger partial charge in [-0.1, -0.05) is 37.0 Å². The normalized spacial score (nSPS) is 13.1. The molecule has 0 bridgehead atoms. The van der Waals surface area contributed by atoms with Gasteiger partial charge in [0.25, 0.3) is 0 Å². The van der Waals surface area contributed by atoms with Gasteiger partial charge in [-0.3, -0.25) is 0 Å². The zero-order valence-corrected chi connectivity index (χ0v) is 11.9. The first-order valence-corrected chi connectivity index (χ1v) is 7.10. The van der Waals surface area contributed by atoms with Crippen LogP contribution in [0.4, 0.5) is 0 Å². The van der Waals surface area contributed by atoms with E-state index in [0.717, 1.165) is 22.8 Å². The molecule has 1 atom stereocenters. The Labute approximate surface area is 112 Å². The molecule has 1 unspecified atom stereocenters. The predicted molar refractivity (Wildman–Crippen MR) is 75.7 cm³/mol. The first-order valence-electron chi connectivity index (χ1n) is 5.30. The van der Waals surface area contributed by atoms with E-state index in [0.29, 0.717) is 10.3 Å². The average molecular weight is 278 g/mol. The zero-order chi connectivity index (χ0) is 12.1. The molecule has 1 rings (SSSR count). The van der Waals surface area contributed by atoms with E-state index in [9.17, 15) is 0 Å². The van der Waals surface area contributed by atoms with Crippen molar-refractivity contribution in [2.75, 3.05) is 5.75 Å². The van der Waals surface area contributed by atoms with Crippen LogP contribution in [0.25, 0.3) is 0 Å². The van der Waals surface area contributed by atoms with Crippen LogP contribution in [0.3, 0.4) is 0 Å². The van der Waals surface area contributed by atoms with E-state index in [-0.39, 0.29) is 6.04 Å². The molecule has 0 aliphatic rings. The lowest BCUT2D eigenvalue weighted by atomic mass is 10.1. The van der Waals surface area contributed by atoms with Crippen LogP contribution in [0.15, 0.2) is 18.2 Å². The number of halogens is 2.